The summed E-state index contributed by atoms with van der Waals surface area (Å²) >= 11 is 0. The molecule has 0 saturated carbocycles. The second-order valence-corrected chi connectivity index (χ2v) is 5.35. The minimum absolute atomic E-state index is 0.0401. The van der Waals surface area contributed by atoms with Crippen molar-refractivity contribution in [2.45, 2.75) is 52.1 Å². The van der Waals surface area contributed by atoms with Crippen LogP contribution in [0.15, 0.2) is 0 Å². The third-order valence-electron chi connectivity index (χ3n) is 3.40. The maximum absolute atomic E-state index is 12.1. The highest BCUT2D eigenvalue weighted by molar-refractivity contribution is 5.84. The molecule has 2 N–H and O–H groups in total. The second kappa shape index (κ2) is 6.73. The van der Waals surface area contributed by atoms with Crippen LogP contribution in [0.5, 0.6) is 0 Å². The van der Waals surface area contributed by atoms with E-state index >= 15 is 0 Å². The van der Waals surface area contributed by atoms with Crippen molar-refractivity contribution in [3.8, 4) is 0 Å². The van der Waals surface area contributed by atoms with Crippen LogP contribution in [0, 0.1) is 5.92 Å². The Balaban J connectivity index is 2.55. The van der Waals surface area contributed by atoms with Crippen molar-refractivity contribution in [3.05, 3.63) is 0 Å². The lowest BCUT2D eigenvalue weighted by molar-refractivity contribution is -0.154. The molecule has 0 spiro atoms. The normalized spacial score (nSPS) is 24.3. The molecule has 1 rings (SSSR count). The van der Waals surface area contributed by atoms with E-state index in [0.717, 1.165) is 12.8 Å². The molecular formula is C13H24N2O3. The number of rotatable bonds is 5. The molecule has 0 bridgehead atoms. The molecule has 0 aromatic heterocycles. The molecule has 2 atom stereocenters. The summed E-state index contributed by atoms with van der Waals surface area (Å²) in [4.78, 5) is 24.9. The van der Waals surface area contributed by atoms with Gasteiger partial charge in [-0.2, -0.15) is 0 Å². The van der Waals surface area contributed by atoms with Crippen molar-refractivity contribution in [3.63, 3.8) is 0 Å². The van der Waals surface area contributed by atoms with Crippen LogP contribution >= 0.6 is 0 Å². The molecule has 0 aromatic rings. The highest BCUT2D eigenvalue weighted by Gasteiger charge is 2.36. The lowest BCUT2D eigenvalue weighted by Crippen LogP contribution is -2.52. The number of nitrogens with one attached hydrogen (secondary N) is 1. The predicted octanol–water partition coefficient (Wildman–Crippen LogP) is 1.09. The minimum Gasteiger partial charge on any atom is -0.480 e. The molecule has 1 aliphatic heterocycles. The van der Waals surface area contributed by atoms with Gasteiger partial charge in [0.25, 0.3) is 0 Å². The Bertz CT molecular complexity index is 305. The van der Waals surface area contributed by atoms with Crippen LogP contribution in [-0.2, 0) is 9.59 Å². The van der Waals surface area contributed by atoms with Crippen LogP contribution in [0.3, 0.4) is 0 Å². The van der Waals surface area contributed by atoms with Crippen LogP contribution in [0.2, 0.25) is 0 Å². The summed E-state index contributed by atoms with van der Waals surface area (Å²) in [6, 6.07) is -0.307. The molecule has 5 heteroatoms. The third kappa shape index (κ3) is 3.98. The highest BCUT2D eigenvalue weighted by Crippen LogP contribution is 2.24. The minimum atomic E-state index is -0.882. The summed E-state index contributed by atoms with van der Waals surface area (Å²) in [6.07, 6.45) is 2.15. The Morgan fingerprint density at radius 1 is 1.44 bits per heavy atom. The van der Waals surface area contributed by atoms with Gasteiger partial charge in [0.2, 0.25) is 5.91 Å². The summed E-state index contributed by atoms with van der Waals surface area (Å²) in [5, 5.41) is 12.4. The fourth-order valence-corrected chi connectivity index (χ4v) is 2.46. The van der Waals surface area contributed by atoms with Gasteiger partial charge in [-0.25, -0.2) is 4.79 Å². The van der Waals surface area contributed by atoms with Gasteiger partial charge in [-0.15, -0.1) is 0 Å². The first-order valence-corrected chi connectivity index (χ1v) is 6.69. The Morgan fingerprint density at radius 3 is 2.67 bits per heavy atom. The summed E-state index contributed by atoms with van der Waals surface area (Å²) in [7, 11) is 0. The van der Waals surface area contributed by atoms with Gasteiger partial charge in [0.1, 0.15) is 6.04 Å². The fraction of sp³-hybridized carbons (Fsp3) is 0.846. The first-order chi connectivity index (χ1) is 8.43. The van der Waals surface area contributed by atoms with E-state index in [4.69, 9.17) is 0 Å². The Kier molecular flexibility index (Phi) is 5.59. The molecule has 1 amide bonds. The lowest BCUT2D eigenvalue weighted by Gasteiger charge is -2.37. The fourth-order valence-electron chi connectivity index (χ4n) is 2.46. The van der Waals surface area contributed by atoms with E-state index in [1.807, 2.05) is 20.8 Å². The number of likely N-dealkylation sites (tertiary alicyclic amines) is 1. The van der Waals surface area contributed by atoms with Crippen molar-refractivity contribution in [1.82, 2.24) is 10.2 Å². The van der Waals surface area contributed by atoms with E-state index in [1.165, 1.54) is 0 Å². The van der Waals surface area contributed by atoms with Gasteiger partial charge in [-0.1, -0.05) is 20.8 Å². The smallest absolute Gasteiger partial charge is 0.326 e. The van der Waals surface area contributed by atoms with Crippen molar-refractivity contribution >= 4 is 11.9 Å². The molecule has 1 aliphatic rings. The van der Waals surface area contributed by atoms with Gasteiger partial charge in [-0.05, 0) is 18.8 Å². The van der Waals surface area contributed by atoms with Gasteiger partial charge in [0, 0.05) is 25.6 Å². The zero-order valence-electron chi connectivity index (χ0n) is 11.5. The van der Waals surface area contributed by atoms with Crippen LogP contribution < -0.4 is 5.32 Å². The SMILES string of the molecule is CC(C)NCCC(=O)N1CCCC(C)C1C(=O)O. The second-order valence-electron chi connectivity index (χ2n) is 5.35. The quantitative estimate of drug-likeness (QED) is 0.772. The Hall–Kier alpha value is -1.10. The van der Waals surface area contributed by atoms with Crippen LogP contribution in [0.4, 0.5) is 0 Å². The number of carboxylic acid groups (broad SMARTS) is 1. The van der Waals surface area contributed by atoms with E-state index in [0.29, 0.717) is 25.6 Å². The first kappa shape index (κ1) is 15.0. The Labute approximate surface area is 109 Å². The van der Waals surface area contributed by atoms with Crippen LogP contribution in [0.25, 0.3) is 0 Å². The molecule has 18 heavy (non-hydrogen) atoms. The van der Waals surface area contributed by atoms with E-state index in [2.05, 4.69) is 5.32 Å². The summed E-state index contributed by atoms with van der Waals surface area (Å²) in [6.45, 7) is 7.13. The summed E-state index contributed by atoms with van der Waals surface area (Å²) < 4.78 is 0. The monoisotopic (exact) mass is 256 g/mol. The number of piperidine rings is 1. The van der Waals surface area contributed by atoms with E-state index in [9.17, 15) is 14.7 Å². The molecule has 1 saturated heterocycles. The molecule has 0 aromatic carbocycles. The van der Waals surface area contributed by atoms with E-state index in [-0.39, 0.29) is 11.8 Å². The zero-order chi connectivity index (χ0) is 13.7. The number of hydrogen-bond acceptors (Lipinski definition) is 3. The molecule has 104 valence electrons. The number of aliphatic carboxylic acids is 1. The zero-order valence-corrected chi connectivity index (χ0v) is 11.5. The largest absolute Gasteiger partial charge is 0.480 e. The molecule has 0 aliphatic carbocycles. The molecule has 2 unspecified atom stereocenters. The Morgan fingerprint density at radius 2 is 2.11 bits per heavy atom. The first-order valence-electron chi connectivity index (χ1n) is 6.69. The van der Waals surface area contributed by atoms with Gasteiger partial charge in [0.05, 0.1) is 0 Å². The standard InChI is InChI=1S/C13H24N2O3/c1-9(2)14-7-6-11(16)15-8-4-5-10(3)12(15)13(17)18/h9-10,12,14H,4-8H2,1-3H3,(H,17,18). The average Bonchev–Trinajstić information content (AvgIpc) is 2.27. The van der Waals surface area contributed by atoms with Crippen molar-refractivity contribution in [2.75, 3.05) is 13.1 Å². The van der Waals surface area contributed by atoms with Crippen molar-refractivity contribution < 1.29 is 14.7 Å². The van der Waals surface area contributed by atoms with E-state index in [1.54, 1.807) is 4.90 Å². The number of carbonyl (C=O) groups excluding carboxylic acids is 1. The maximum Gasteiger partial charge on any atom is 0.326 e. The van der Waals surface area contributed by atoms with Crippen LogP contribution in [0.1, 0.15) is 40.0 Å². The number of carboxylic acids is 1. The van der Waals surface area contributed by atoms with Crippen molar-refractivity contribution in [2.24, 2.45) is 5.92 Å². The van der Waals surface area contributed by atoms with E-state index < -0.39 is 12.0 Å². The molecule has 1 heterocycles. The maximum atomic E-state index is 12.1. The van der Waals surface area contributed by atoms with Gasteiger partial charge in [0.15, 0.2) is 0 Å². The van der Waals surface area contributed by atoms with Crippen LogP contribution in [-0.4, -0.2) is 47.1 Å². The number of nitrogens with zero attached hydrogens (tertiary/aromatic N) is 1. The third-order valence-corrected chi connectivity index (χ3v) is 3.40. The predicted molar refractivity (Wildman–Crippen MR) is 69.3 cm³/mol. The average molecular weight is 256 g/mol. The topological polar surface area (TPSA) is 69.6 Å². The number of carbonyl (C=O) groups is 2. The lowest BCUT2D eigenvalue weighted by atomic mass is 9.90. The molecule has 5 nitrogen and oxygen atoms in total. The summed E-state index contributed by atoms with van der Waals surface area (Å²) in [5.41, 5.74) is 0. The van der Waals surface area contributed by atoms with Gasteiger partial charge < -0.3 is 15.3 Å². The van der Waals surface area contributed by atoms with Gasteiger partial charge in [-0.3, -0.25) is 4.79 Å². The van der Waals surface area contributed by atoms with Gasteiger partial charge >= 0.3 is 5.97 Å². The van der Waals surface area contributed by atoms with Crippen molar-refractivity contribution in [1.29, 1.82) is 0 Å². The number of amides is 1. The molecule has 1 fully saturated rings. The molecular weight excluding hydrogens is 232 g/mol. The number of hydrogen-bond donors (Lipinski definition) is 2. The highest BCUT2D eigenvalue weighted by atomic mass is 16.4. The molecule has 0 radical (unpaired) electrons. The summed E-state index contributed by atoms with van der Waals surface area (Å²) in [5.74, 6) is -0.896.